The Bertz CT molecular complexity index is 1140. The molecule has 4 aromatic rings. The monoisotopic (exact) mass is 369 g/mol. The molecule has 6 heteroatoms. The van der Waals surface area contributed by atoms with Crippen LogP contribution in [0.5, 0.6) is 5.75 Å². The van der Waals surface area contributed by atoms with Crippen LogP contribution in [0.1, 0.15) is 17.0 Å². The molecule has 4 rings (SSSR count). The average molecular weight is 369 g/mol. The van der Waals surface area contributed by atoms with Crippen LogP contribution in [0, 0.1) is 18.3 Å². The lowest BCUT2D eigenvalue weighted by Gasteiger charge is -2.10. The molecular formula is C22H19N5O. The van der Waals surface area contributed by atoms with Gasteiger partial charge in [-0.1, -0.05) is 12.1 Å². The second-order valence-corrected chi connectivity index (χ2v) is 6.50. The summed E-state index contributed by atoms with van der Waals surface area (Å²) in [5.74, 6) is 1.17. The zero-order valence-corrected chi connectivity index (χ0v) is 15.4. The number of pyridine rings is 2. The maximum absolute atomic E-state index is 9.29. The third-order valence-corrected chi connectivity index (χ3v) is 4.37. The summed E-state index contributed by atoms with van der Waals surface area (Å²) >= 11 is 0. The fourth-order valence-electron chi connectivity index (χ4n) is 2.92. The summed E-state index contributed by atoms with van der Waals surface area (Å²) < 4.78 is 5.85. The Morgan fingerprint density at radius 3 is 2.89 bits per heavy atom. The number of nitrogens with one attached hydrogen (secondary N) is 2. The van der Waals surface area contributed by atoms with Gasteiger partial charge in [-0.2, -0.15) is 5.26 Å². The minimum atomic E-state index is 0.304. The Morgan fingerprint density at radius 2 is 2.07 bits per heavy atom. The highest BCUT2D eigenvalue weighted by molar-refractivity contribution is 5.83. The number of rotatable bonds is 6. The second-order valence-electron chi connectivity index (χ2n) is 6.50. The van der Waals surface area contributed by atoms with Crippen LogP contribution in [-0.4, -0.2) is 21.6 Å². The van der Waals surface area contributed by atoms with Crippen molar-refractivity contribution < 1.29 is 4.74 Å². The van der Waals surface area contributed by atoms with Gasteiger partial charge in [-0.05, 0) is 42.1 Å². The van der Waals surface area contributed by atoms with Crippen molar-refractivity contribution in [1.82, 2.24) is 15.0 Å². The van der Waals surface area contributed by atoms with Gasteiger partial charge in [0.2, 0.25) is 0 Å². The highest BCUT2D eigenvalue weighted by Gasteiger charge is 2.06. The first-order chi connectivity index (χ1) is 13.7. The van der Waals surface area contributed by atoms with Gasteiger partial charge in [-0.3, -0.25) is 4.98 Å². The molecule has 0 fully saturated rings. The number of ether oxygens (including phenoxy) is 1. The Hall–Kier alpha value is -3.85. The van der Waals surface area contributed by atoms with E-state index in [-0.39, 0.29) is 0 Å². The normalized spacial score (nSPS) is 10.6. The molecule has 0 aliphatic carbocycles. The first kappa shape index (κ1) is 17.6. The number of aromatic nitrogens is 3. The Kier molecular flexibility index (Phi) is 4.89. The van der Waals surface area contributed by atoms with E-state index in [0.29, 0.717) is 23.9 Å². The summed E-state index contributed by atoms with van der Waals surface area (Å²) in [5, 5.41) is 13.7. The lowest BCUT2D eigenvalue weighted by molar-refractivity contribution is 0.321. The number of hydrogen-bond donors (Lipinski definition) is 2. The van der Waals surface area contributed by atoms with E-state index in [1.807, 2.05) is 55.7 Å². The van der Waals surface area contributed by atoms with Crippen molar-refractivity contribution in [3.05, 3.63) is 77.9 Å². The van der Waals surface area contributed by atoms with E-state index < -0.39 is 0 Å². The topological polar surface area (TPSA) is 86.6 Å². The van der Waals surface area contributed by atoms with Gasteiger partial charge in [0.1, 0.15) is 23.3 Å². The smallest absolute Gasteiger partial charge is 0.146 e. The first-order valence-corrected chi connectivity index (χ1v) is 9.00. The van der Waals surface area contributed by atoms with E-state index in [0.717, 1.165) is 34.3 Å². The van der Waals surface area contributed by atoms with Crippen molar-refractivity contribution in [2.45, 2.75) is 13.3 Å². The summed E-state index contributed by atoms with van der Waals surface area (Å²) in [4.78, 5) is 11.8. The number of H-pyrrole nitrogens is 1. The minimum Gasteiger partial charge on any atom is -0.493 e. The van der Waals surface area contributed by atoms with Crippen LogP contribution >= 0.6 is 0 Å². The van der Waals surface area contributed by atoms with Gasteiger partial charge >= 0.3 is 0 Å². The Labute approximate surface area is 162 Å². The molecule has 1 aromatic carbocycles. The molecule has 3 heterocycles. The summed E-state index contributed by atoms with van der Waals surface area (Å²) in [6.07, 6.45) is 4.50. The van der Waals surface area contributed by atoms with Crippen LogP contribution in [0.15, 0.2) is 60.9 Å². The number of anilines is 2. The van der Waals surface area contributed by atoms with E-state index in [2.05, 4.69) is 26.3 Å². The number of aryl methyl sites for hydroxylation is 1. The lowest BCUT2D eigenvalue weighted by Crippen LogP contribution is -2.04. The van der Waals surface area contributed by atoms with Gasteiger partial charge in [-0.15, -0.1) is 0 Å². The molecule has 0 spiro atoms. The molecule has 3 aromatic heterocycles. The fraction of sp³-hybridized carbons (Fsp3) is 0.136. The number of hydrogen-bond acceptors (Lipinski definition) is 5. The number of benzene rings is 1. The molecule has 0 saturated heterocycles. The zero-order chi connectivity index (χ0) is 19.3. The standard InChI is InChI=1S/C22H19N5O/c1-15-2-3-16(14-25-15)7-9-28-20-10-19(13-23)27-22(12-20)26-18-5-4-17-6-8-24-21(17)11-18/h2-6,8,10-12,14,24H,7,9H2,1H3,(H,26,27). The first-order valence-electron chi connectivity index (χ1n) is 9.00. The molecule has 0 aliphatic heterocycles. The molecular weight excluding hydrogens is 350 g/mol. The van der Waals surface area contributed by atoms with E-state index in [4.69, 9.17) is 4.74 Å². The number of nitrogens with zero attached hydrogens (tertiary/aromatic N) is 3. The van der Waals surface area contributed by atoms with Crippen molar-refractivity contribution in [2.75, 3.05) is 11.9 Å². The number of fused-ring (bicyclic) bond motifs is 1. The molecule has 0 saturated carbocycles. The largest absolute Gasteiger partial charge is 0.493 e. The molecule has 138 valence electrons. The van der Waals surface area contributed by atoms with Gasteiger partial charge in [0.25, 0.3) is 0 Å². The van der Waals surface area contributed by atoms with Crippen molar-refractivity contribution in [2.24, 2.45) is 0 Å². The molecule has 0 radical (unpaired) electrons. The van der Waals surface area contributed by atoms with E-state index >= 15 is 0 Å². The SMILES string of the molecule is Cc1ccc(CCOc2cc(C#N)nc(Nc3ccc4cc[nH]c4c3)c2)cn1. The molecule has 0 aliphatic rings. The number of nitriles is 1. The van der Waals surface area contributed by atoms with E-state index in [1.54, 1.807) is 12.1 Å². The van der Waals surface area contributed by atoms with Crippen molar-refractivity contribution >= 4 is 22.4 Å². The Balaban J connectivity index is 1.47. The third kappa shape index (κ3) is 4.10. The van der Waals surface area contributed by atoms with Gasteiger partial charge in [0, 0.05) is 47.8 Å². The van der Waals surface area contributed by atoms with Gasteiger partial charge in [0.05, 0.1) is 6.61 Å². The predicted molar refractivity (Wildman–Crippen MR) is 109 cm³/mol. The van der Waals surface area contributed by atoms with Crippen molar-refractivity contribution in [3.63, 3.8) is 0 Å². The summed E-state index contributed by atoms with van der Waals surface area (Å²) in [6.45, 7) is 2.45. The fourth-order valence-corrected chi connectivity index (χ4v) is 2.92. The average Bonchev–Trinajstić information content (AvgIpc) is 3.17. The van der Waals surface area contributed by atoms with Crippen LogP contribution < -0.4 is 10.1 Å². The van der Waals surface area contributed by atoms with Crippen molar-refractivity contribution in [1.29, 1.82) is 5.26 Å². The molecule has 0 atom stereocenters. The van der Waals surface area contributed by atoms with Crippen LogP contribution in [0.4, 0.5) is 11.5 Å². The minimum absolute atomic E-state index is 0.304. The van der Waals surface area contributed by atoms with Crippen molar-refractivity contribution in [3.8, 4) is 11.8 Å². The van der Waals surface area contributed by atoms with Gasteiger partial charge in [0.15, 0.2) is 0 Å². The summed E-state index contributed by atoms with van der Waals surface area (Å²) in [5.41, 5.74) is 4.32. The maximum atomic E-state index is 9.29. The predicted octanol–water partition coefficient (Wildman–Crippen LogP) is 4.50. The molecule has 0 bridgehead atoms. The highest BCUT2D eigenvalue weighted by Crippen LogP contribution is 2.24. The molecule has 0 unspecified atom stereocenters. The van der Waals surface area contributed by atoms with E-state index in [9.17, 15) is 5.26 Å². The highest BCUT2D eigenvalue weighted by atomic mass is 16.5. The lowest BCUT2D eigenvalue weighted by atomic mass is 10.2. The van der Waals surface area contributed by atoms with Gasteiger partial charge in [-0.25, -0.2) is 4.98 Å². The van der Waals surface area contributed by atoms with Crippen LogP contribution in [0.2, 0.25) is 0 Å². The quantitative estimate of drug-likeness (QED) is 0.522. The molecule has 2 N–H and O–H groups in total. The van der Waals surface area contributed by atoms with Crippen LogP contribution in [-0.2, 0) is 6.42 Å². The maximum Gasteiger partial charge on any atom is 0.146 e. The second kappa shape index (κ2) is 7.80. The number of aromatic amines is 1. The summed E-state index contributed by atoms with van der Waals surface area (Å²) in [7, 11) is 0. The van der Waals surface area contributed by atoms with Crippen LogP contribution in [0.25, 0.3) is 10.9 Å². The third-order valence-electron chi connectivity index (χ3n) is 4.37. The molecule has 0 amide bonds. The van der Waals surface area contributed by atoms with Gasteiger partial charge < -0.3 is 15.0 Å². The Morgan fingerprint density at radius 1 is 1.14 bits per heavy atom. The molecule has 6 nitrogen and oxygen atoms in total. The zero-order valence-electron chi connectivity index (χ0n) is 15.4. The summed E-state index contributed by atoms with van der Waals surface area (Å²) in [6, 6.07) is 17.6. The molecule has 28 heavy (non-hydrogen) atoms. The van der Waals surface area contributed by atoms with E-state index in [1.165, 1.54) is 0 Å². The van der Waals surface area contributed by atoms with Crippen LogP contribution in [0.3, 0.4) is 0 Å².